The van der Waals surface area contributed by atoms with Crippen molar-refractivity contribution >= 4 is 23.3 Å². The Balaban J connectivity index is 2.60. The summed E-state index contributed by atoms with van der Waals surface area (Å²) in [6.07, 6.45) is 0. The second-order valence-corrected chi connectivity index (χ2v) is 5.28. The highest BCUT2D eigenvalue weighted by molar-refractivity contribution is 7.80. The van der Waals surface area contributed by atoms with Crippen molar-refractivity contribution in [2.45, 2.75) is 19.9 Å². The lowest BCUT2D eigenvalue weighted by Gasteiger charge is -2.30. The number of carbonyl (C=O) groups is 1. The van der Waals surface area contributed by atoms with Crippen LogP contribution in [0.4, 0.5) is 0 Å². The number of allylic oxidation sites excluding steroid dienone is 1. The second-order valence-electron chi connectivity index (χ2n) is 4.87. The Morgan fingerprint density at radius 1 is 1.35 bits per heavy atom. The first kappa shape index (κ1) is 17.1. The summed E-state index contributed by atoms with van der Waals surface area (Å²) >= 11 is 5.22. The highest BCUT2D eigenvalue weighted by atomic mass is 32.1. The molecule has 0 aliphatic carbocycles. The molecule has 23 heavy (non-hydrogen) atoms. The standard InChI is InChI=1S/C16H20N2O4S/c1-5-22-14-10(7-6-8-11(14)20-3)13-12(15(19)21-4)9(2)17-16(23)18-13/h6-8,13H,5H2,1-4H3,(H2,17,18,23)/t13-/m1/s1. The minimum Gasteiger partial charge on any atom is -0.493 e. The highest BCUT2D eigenvalue weighted by Gasteiger charge is 2.33. The molecule has 2 rings (SSSR count). The number of benzene rings is 1. The summed E-state index contributed by atoms with van der Waals surface area (Å²) < 4.78 is 16.0. The van der Waals surface area contributed by atoms with E-state index >= 15 is 0 Å². The largest absolute Gasteiger partial charge is 0.493 e. The third kappa shape index (κ3) is 3.39. The molecule has 0 saturated heterocycles. The van der Waals surface area contributed by atoms with Crippen molar-refractivity contribution in [3.8, 4) is 11.5 Å². The number of para-hydroxylation sites is 1. The SMILES string of the molecule is CCOc1c(OC)cccc1[C@H]1NC(=S)NC(C)=C1C(=O)OC. The molecular weight excluding hydrogens is 316 g/mol. The van der Waals surface area contributed by atoms with Gasteiger partial charge in [-0.25, -0.2) is 4.79 Å². The molecule has 7 heteroatoms. The first-order chi connectivity index (χ1) is 11.0. The van der Waals surface area contributed by atoms with Crippen molar-refractivity contribution in [2.24, 2.45) is 0 Å². The summed E-state index contributed by atoms with van der Waals surface area (Å²) in [6, 6.07) is 5.04. The van der Waals surface area contributed by atoms with Crippen LogP contribution in [0.2, 0.25) is 0 Å². The van der Waals surface area contributed by atoms with Gasteiger partial charge in [0, 0.05) is 11.3 Å². The summed E-state index contributed by atoms with van der Waals surface area (Å²) in [5.41, 5.74) is 1.86. The van der Waals surface area contributed by atoms with E-state index in [-0.39, 0.29) is 0 Å². The number of hydrogen-bond acceptors (Lipinski definition) is 5. The van der Waals surface area contributed by atoms with E-state index in [0.717, 1.165) is 5.56 Å². The lowest BCUT2D eigenvalue weighted by molar-refractivity contribution is -0.136. The smallest absolute Gasteiger partial charge is 0.337 e. The molecule has 1 aliphatic heterocycles. The number of esters is 1. The van der Waals surface area contributed by atoms with Crippen LogP contribution < -0.4 is 20.1 Å². The molecule has 6 nitrogen and oxygen atoms in total. The number of hydrogen-bond donors (Lipinski definition) is 2. The van der Waals surface area contributed by atoms with Crippen molar-refractivity contribution in [2.75, 3.05) is 20.8 Å². The van der Waals surface area contributed by atoms with E-state index in [2.05, 4.69) is 10.6 Å². The zero-order valence-electron chi connectivity index (χ0n) is 13.6. The molecule has 2 N–H and O–H groups in total. The van der Waals surface area contributed by atoms with Gasteiger partial charge in [-0.15, -0.1) is 0 Å². The highest BCUT2D eigenvalue weighted by Crippen LogP contribution is 2.39. The minimum atomic E-state index is -0.479. The van der Waals surface area contributed by atoms with Crippen LogP contribution >= 0.6 is 12.2 Å². The van der Waals surface area contributed by atoms with Crippen LogP contribution in [0.1, 0.15) is 25.5 Å². The topological polar surface area (TPSA) is 68.8 Å². The second kappa shape index (κ2) is 7.32. The van der Waals surface area contributed by atoms with Crippen LogP contribution in [0.5, 0.6) is 11.5 Å². The van der Waals surface area contributed by atoms with E-state index in [9.17, 15) is 4.79 Å². The van der Waals surface area contributed by atoms with Gasteiger partial charge >= 0.3 is 5.97 Å². The van der Waals surface area contributed by atoms with Crippen LogP contribution in [0, 0.1) is 0 Å². The van der Waals surface area contributed by atoms with Gasteiger partial charge in [0.2, 0.25) is 0 Å². The summed E-state index contributed by atoms with van der Waals surface area (Å²) in [5.74, 6) is 0.742. The molecule has 1 heterocycles. The Hall–Kier alpha value is -2.28. The lowest BCUT2D eigenvalue weighted by Crippen LogP contribution is -2.45. The number of thiocarbonyl (C=S) groups is 1. The average Bonchev–Trinajstić information content (AvgIpc) is 2.54. The Bertz CT molecular complexity index is 657. The summed E-state index contributed by atoms with van der Waals surface area (Å²) in [7, 11) is 2.92. The lowest BCUT2D eigenvalue weighted by atomic mass is 9.94. The molecule has 1 aromatic rings. The molecule has 1 atom stereocenters. The van der Waals surface area contributed by atoms with Gasteiger partial charge in [0.1, 0.15) is 0 Å². The van der Waals surface area contributed by atoms with Gasteiger partial charge in [-0.05, 0) is 32.1 Å². The molecule has 1 aliphatic rings. The van der Waals surface area contributed by atoms with Gasteiger partial charge in [-0.1, -0.05) is 12.1 Å². The molecular formula is C16H20N2O4S. The summed E-state index contributed by atoms with van der Waals surface area (Å²) in [4.78, 5) is 12.2. The fraction of sp³-hybridized carbons (Fsp3) is 0.375. The van der Waals surface area contributed by atoms with Gasteiger partial charge in [0.05, 0.1) is 32.4 Å². The fourth-order valence-electron chi connectivity index (χ4n) is 2.53. The van der Waals surface area contributed by atoms with Crippen molar-refractivity contribution in [3.63, 3.8) is 0 Å². The molecule has 1 aromatic carbocycles. The van der Waals surface area contributed by atoms with E-state index in [4.69, 9.17) is 26.4 Å². The predicted octanol–water partition coefficient (Wildman–Crippen LogP) is 2.06. The van der Waals surface area contributed by atoms with Crippen LogP contribution in [-0.4, -0.2) is 31.9 Å². The maximum atomic E-state index is 12.2. The zero-order chi connectivity index (χ0) is 17.0. The Morgan fingerprint density at radius 2 is 2.09 bits per heavy atom. The minimum absolute atomic E-state index is 0.430. The van der Waals surface area contributed by atoms with Crippen molar-refractivity contribution in [1.29, 1.82) is 0 Å². The third-order valence-corrected chi connectivity index (χ3v) is 3.72. The van der Waals surface area contributed by atoms with Crippen LogP contribution in [0.15, 0.2) is 29.5 Å². The van der Waals surface area contributed by atoms with E-state index in [1.807, 2.05) is 25.1 Å². The van der Waals surface area contributed by atoms with Gasteiger partial charge in [0.25, 0.3) is 0 Å². The van der Waals surface area contributed by atoms with Gasteiger partial charge < -0.3 is 24.8 Å². The van der Waals surface area contributed by atoms with E-state index in [0.29, 0.717) is 34.5 Å². The predicted molar refractivity (Wildman–Crippen MR) is 90.5 cm³/mol. The van der Waals surface area contributed by atoms with Crippen LogP contribution in [0.25, 0.3) is 0 Å². The van der Waals surface area contributed by atoms with E-state index in [1.165, 1.54) is 7.11 Å². The number of rotatable bonds is 5. The molecule has 0 radical (unpaired) electrons. The van der Waals surface area contributed by atoms with Crippen LogP contribution in [-0.2, 0) is 9.53 Å². The molecule has 0 amide bonds. The Labute approximate surface area is 140 Å². The van der Waals surface area contributed by atoms with E-state index in [1.54, 1.807) is 14.0 Å². The van der Waals surface area contributed by atoms with Gasteiger partial charge in [-0.3, -0.25) is 0 Å². The fourth-order valence-corrected chi connectivity index (χ4v) is 2.80. The molecule has 124 valence electrons. The number of carbonyl (C=O) groups excluding carboxylic acids is 1. The first-order valence-electron chi connectivity index (χ1n) is 7.19. The molecule has 0 fully saturated rings. The molecule has 0 unspecified atom stereocenters. The Morgan fingerprint density at radius 3 is 2.70 bits per heavy atom. The van der Waals surface area contributed by atoms with Gasteiger partial charge in [-0.2, -0.15) is 0 Å². The van der Waals surface area contributed by atoms with E-state index < -0.39 is 12.0 Å². The van der Waals surface area contributed by atoms with Crippen molar-refractivity contribution in [1.82, 2.24) is 10.6 Å². The quantitative estimate of drug-likeness (QED) is 0.630. The zero-order valence-corrected chi connectivity index (χ0v) is 14.4. The van der Waals surface area contributed by atoms with Gasteiger partial charge in [0.15, 0.2) is 16.6 Å². The maximum Gasteiger partial charge on any atom is 0.337 e. The molecule has 0 bridgehead atoms. The number of methoxy groups -OCH3 is 2. The summed E-state index contributed by atoms with van der Waals surface area (Å²) in [5, 5.41) is 6.49. The normalized spacial score (nSPS) is 17.2. The first-order valence-corrected chi connectivity index (χ1v) is 7.60. The molecule has 0 aromatic heterocycles. The average molecular weight is 336 g/mol. The molecule has 0 spiro atoms. The Kier molecular flexibility index (Phi) is 5.44. The van der Waals surface area contributed by atoms with Crippen LogP contribution in [0.3, 0.4) is 0 Å². The molecule has 0 saturated carbocycles. The van der Waals surface area contributed by atoms with Crippen molar-refractivity contribution < 1.29 is 19.0 Å². The number of nitrogens with one attached hydrogen (secondary N) is 2. The van der Waals surface area contributed by atoms with Crippen molar-refractivity contribution in [3.05, 3.63) is 35.0 Å². The maximum absolute atomic E-state index is 12.2. The number of ether oxygens (including phenoxy) is 3. The summed E-state index contributed by atoms with van der Waals surface area (Å²) in [6.45, 7) is 4.14. The third-order valence-electron chi connectivity index (χ3n) is 3.50. The monoisotopic (exact) mass is 336 g/mol.